The van der Waals surface area contributed by atoms with Crippen LogP contribution < -0.4 is 0 Å². The fourth-order valence-electron chi connectivity index (χ4n) is 2.97. The van der Waals surface area contributed by atoms with E-state index in [4.69, 9.17) is 0 Å². The zero-order chi connectivity index (χ0) is 19.8. The Labute approximate surface area is 156 Å². The summed E-state index contributed by atoms with van der Waals surface area (Å²) in [5.41, 5.74) is 2.06. The second kappa shape index (κ2) is 6.96. The Hall–Kier alpha value is -2.41. The first-order chi connectivity index (χ1) is 12.6. The van der Waals surface area contributed by atoms with Crippen LogP contribution in [0.3, 0.4) is 0 Å². The van der Waals surface area contributed by atoms with Crippen LogP contribution in [0, 0.1) is 5.92 Å². The van der Waals surface area contributed by atoms with Gasteiger partial charge < -0.3 is 0 Å². The first-order valence-corrected chi connectivity index (χ1v) is 10.3. The van der Waals surface area contributed by atoms with Crippen LogP contribution in [0.25, 0.3) is 11.1 Å². The molecule has 3 rings (SSSR count). The lowest BCUT2D eigenvalue weighted by molar-refractivity contribution is -0.137. The van der Waals surface area contributed by atoms with E-state index in [0.29, 0.717) is 5.69 Å². The van der Waals surface area contributed by atoms with Crippen LogP contribution in [0.2, 0.25) is 0 Å². The molecule has 1 aromatic carbocycles. The van der Waals surface area contributed by atoms with Crippen molar-refractivity contribution < 1.29 is 21.6 Å². The fraction of sp³-hybridized carbons (Fsp3) is 0.250. The molecule has 0 spiro atoms. The number of hydrogen-bond acceptors (Lipinski definition) is 3. The fourth-order valence-corrected chi connectivity index (χ4v) is 3.60. The molecule has 0 saturated carbocycles. The van der Waals surface area contributed by atoms with Crippen molar-refractivity contribution in [2.45, 2.75) is 24.4 Å². The number of hydrogen-bond donors (Lipinski definition) is 0. The van der Waals surface area contributed by atoms with Gasteiger partial charge in [-0.1, -0.05) is 31.2 Å². The van der Waals surface area contributed by atoms with Gasteiger partial charge in [0.1, 0.15) is 0 Å². The topological polar surface area (TPSA) is 47.0 Å². The Kier molecular flexibility index (Phi) is 4.99. The molecule has 0 aliphatic heterocycles. The van der Waals surface area contributed by atoms with Crippen molar-refractivity contribution in [3.8, 4) is 0 Å². The second-order valence-electron chi connectivity index (χ2n) is 6.46. The Morgan fingerprint density at radius 3 is 2.11 bits per heavy atom. The van der Waals surface area contributed by atoms with E-state index in [2.05, 4.69) is 4.98 Å². The Morgan fingerprint density at radius 1 is 1.00 bits per heavy atom. The molecule has 27 heavy (non-hydrogen) atoms. The molecule has 0 fully saturated rings. The number of allylic oxidation sites excluding steroid dienone is 4. The minimum Gasteiger partial charge on any atom is -0.256 e. The summed E-state index contributed by atoms with van der Waals surface area (Å²) in [7, 11) is -3.30. The first kappa shape index (κ1) is 19.4. The summed E-state index contributed by atoms with van der Waals surface area (Å²) in [6.07, 6.45) is 2.40. The smallest absolute Gasteiger partial charge is 0.256 e. The number of nitrogens with zero attached hydrogens (tertiary/aromatic N) is 1. The highest BCUT2D eigenvalue weighted by Crippen LogP contribution is 2.39. The van der Waals surface area contributed by atoms with E-state index in [1.165, 1.54) is 18.2 Å². The van der Waals surface area contributed by atoms with Gasteiger partial charge in [-0.3, -0.25) is 4.98 Å². The SMILES string of the molecule is CCC1C=C(c2ccc(S(C)(=O)=O)cc2)C(c2ccc(C(F)(F)F)cn2)=C1. The zero-order valence-corrected chi connectivity index (χ0v) is 15.6. The number of halogens is 3. The summed E-state index contributed by atoms with van der Waals surface area (Å²) in [4.78, 5) is 4.22. The minimum absolute atomic E-state index is 0.147. The van der Waals surface area contributed by atoms with Crippen LogP contribution in [0.4, 0.5) is 13.2 Å². The Bertz CT molecular complexity index is 1000. The molecule has 1 aliphatic rings. The number of aromatic nitrogens is 1. The standard InChI is InChI=1S/C20H18F3NO2S/c1-3-13-10-17(14-4-7-16(8-5-14)27(2,25)26)18(11-13)19-9-6-15(12-24-19)20(21,22)23/h4-13H,3H2,1-2H3. The minimum atomic E-state index is -4.43. The second-order valence-corrected chi connectivity index (χ2v) is 8.47. The third-order valence-electron chi connectivity index (χ3n) is 4.48. The van der Waals surface area contributed by atoms with Crippen molar-refractivity contribution in [1.82, 2.24) is 4.98 Å². The molecular formula is C20H18F3NO2S. The van der Waals surface area contributed by atoms with Gasteiger partial charge in [-0.25, -0.2) is 8.42 Å². The van der Waals surface area contributed by atoms with Crippen molar-refractivity contribution in [3.05, 3.63) is 71.6 Å². The highest BCUT2D eigenvalue weighted by atomic mass is 32.2. The van der Waals surface area contributed by atoms with Crippen molar-refractivity contribution in [3.63, 3.8) is 0 Å². The average Bonchev–Trinajstić information content (AvgIpc) is 3.05. The molecule has 0 saturated heterocycles. The lowest BCUT2D eigenvalue weighted by Crippen LogP contribution is -2.05. The lowest BCUT2D eigenvalue weighted by Gasteiger charge is -2.11. The van der Waals surface area contributed by atoms with Crippen LogP contribution in [-0.4, -0.2) is 19.7 Å². The number of sulfone groups is 1. The van der Waals surface area contributed by atoms with Gasteiger partial charge in [0.2, 0.25) is 0 Å². The molecule has 2 aromatic rings. The van der Waals surface area contributed by atoms with E-state index in [1.54, 1.807) is 12.1 Å². The Balaban J connectivity index is 1.98. The summed E-state index contributed by atoms with van der Waals surface area (Å²) in [5, 5.41) is 0. The van der Waals surface area contributed by atoms with Gasteiger partial charge in [0, 0.05) is 18.0 Å². The van der Waals surface area contributed by atoms with Gasteiger partial charge in [-0.2, -0.15) is 13.2 Å². The molecule has 3 nitrogen and oxygen atoms in total. The maximum Gasteiger partial charge on any atom is 0.417 e. The third kappa shape index (κ3) is 4.13. The molecule has 1 aromatic heterocycles. The highest BCUT2D eigenvalue weighted by molar-refractivity contribution is 7.90. The molecule has 142 valence electrons. The molecular weight excluding hydrogens is 375 g/mol. The van der Waals surface area contributed by atoms with Gasteiger partial charge >= 0.3 is 6.18 Å². The van der Waals surface area contributed by atoms with Crippen molar-refractivity contribution >= 4 is 21.0 Å². The maximum absolute atomic E-state index is 12.8. The van der Waals surface area contributed by atoms with Crippen molar-refractivity contribution in [1.29, 1.82) is 0 Å². The van der Waals surface area contributed by atoms with Crippen LogP contribution in [0.1, 0.15) is 30.2 Å². The summed E-state index contributed by atoms with van der Waals surface area (Å²) in [5.74, 6) is 0.147. The first-order valence-electron chi connectivity index (χ1n) is 8.37. The quantitative estimate of drug-likeness (QED) is 0.734. The van der Waals surface area contributed by atoms with Gasteiger partial charge in [0.25, 0.3) is 0 Å². The van der Waals surface area contributed by atoms with E-state index in [0.717, 1.165) is 41.6 Å². The van der Waals surface area contributed by atoms with Crippen LogP contribution in [0.15, 0.2) is 59.6 Å². The Morgan fingerprint density at radius 2 is 1.63 bits per heavy atom. The van der Waals surface area contributed by atoms with E-state index >= 15 is 0 Å². The monoisotopic (exact) mass is 393 g/mol. The van der Waals surface area contributed by atoms with E-state index in [1.807, 2.05) is 19.1 Å². The van der Waals surface area contributed by atoms with Crippen molar-refractivity contribution in [2.75, 3.05) is 6.26 Å². The van der Waals surface area contributed by atoms with E-state index in [-0.39, 0.29) is 10.8 Å². The maximum atomic E-state index is 12.8. The number of alkyl halides is 3. The average molecular weight is 393 g/mol. The highest BCUT2D eigenvalue weighted by Gasteiger charge is 2.31. The summed E-state index contributed by atoms with van der Waals surface area (Å²) in [6.45, 7) is 2.02. The normalized spacial score (nSPS) is 17.6. The predicted octanol–water partition coefficient (Wildman–Crippen LogP) is 5.01. The molecule has 7 heteroatoms. The van der Waals surface area contributed by atoms with Crippen LogP contribution >= 0.6 is 0 Å². The molecule has 0 N–H and O–H groups in total. The molecule has 1 unspecified atom stereocenters. The lowest BCUT2D eigenvalue weighted by atomic mass is 9.98. The summed E-state index contributed by atoms with van der Waals surface area (Å²) < 4.78 is 61.6. The molecule has 0 bridgehead atoms. The molecule has 1 atom stereocenters. The van der Waals surface area contributed by atoms with Gasteiger partial charge in [0.05, 0.1) is 16.2 Å². The van der Waals surface area contributed by atoms with Gasteiger partial charge in [-0.05, 0) is 47.7 Å². The molecule has 1 heterocycles. The zero-order valence-electron chi connectivity index (χ0n) is 14.8. The van der Waals surface area contributed by atoms with Crippen molar-refractivity contribution in [2.24, 2.45) is 5.92 Å². The largest absolute Gasteiger partial charge is 0.417 e. The van der Waals surface area contributed by atoms with Crippen LogP contribution in [-0.2, 0) is 16.0 Å². The number of benzene rings is 1. The van der Waals surface area contributed by atoms with Gasteiger partial charge in [-0.15, -0.1) is 0 Å². The number of pyridine rings is 1. The summed E-state index contributed by atoms with van der Waals surface area (Å²) in [6, 6.07) is 8.86. The van der Waals surface area contributed by atoms with E-state index < -0.39 is 21.6 Å². The molecule has 0 radical (unpaired) electrons. The van der Waals surface area contributed by atoms with Crippen LogP contribution in [0.5, 0.6) is 0 Å². The molecule has 1 aliphatic carbocycles. The summed E-state index contributed by atoms with van der Waals surface area (Å²) >= 11 is 0. The molecule has 0 amide bonds. The van der Waals surface area contributed by atoms with E-state index in [9.17, 15) is 21.6 Å². The number of rotatable bonds is 4. The van der Waals surface area contributed by atoms with Gasteiger partial charge in [0.15, 0.2) is 9.84 Å². The third-order valence-corrected chi connectivity index (χ3v) is 5.61. The predicted molar refractivity (Wildman–Crippen MR) is 98.5 cm³/mol.